The topological polar surface area (TPSA) is 142 Å². The molecule has 0 radical (unpaired) electrons. The summed E-state index contributed by atoms with van der Waals surface area (Å²) in [5, 5.41) is 7.97. The predicted octanol–water partition coefficient (Wildman–Crippen LogP) is -0.270. The molecule has 3 N–H and O–H groups in total. The monoisotopic (exact) mass is 518 g/mol. The Morgan fingerprint density at radius 2 is 1.89 bits per heavy atom. The van der Waals surface area contributed by atoms with Crippen LogP contribution in [0, 0.1) is 11.8 Å². The maximum Gasteiger partial charge on any atom is 0.323 e. The molecule has 2 aromatic rings. The number of piperazine rings is 1. The van der Waals surface area contributed by atoms with E-state index in [0.29, 0.717) is 43.2 Å². The van der Waals surface area contributed by atoms with E-state index in [1.54, 1.807) is 35.2 Å². The zero-order valence-corrected chi connectivity index (χ0v) is 20.9. The summed E-state index contributed by atoms with van der Waals surface area (Å²) in [5.41, 5.74) is -0.192. The van der Waals surface area contributed by atoms with Crippen molar-refractivity contribution in [3.8, 4) is 23.3 Å². The SMILES string of the molecule is COc1ccc2c(c1)C(=O)N(C[C@@]1(C#Cc3nc(C(=O)N4CCNCC4)ccc3OC)NC(=O)NC1=O)C2. The molecule has 1 aromatic heterocycles. The molecule has 1 atom stereocenters. The second-order valence-electron chi connectivity index (χ2n) is 9.04. The van der Waals surface area contributed by atoms with E-state index in [-0.39, 0.29) is 36.3 Å². The van der Waals surface area contributed by atoms with E-state index in [1.165, 1.54) is 19.1 Å². The molecule has 0 unspecified atom stereocenters. The molecule has 12 heteroatoms. The number of benzene rings is 1. The molecule has 0 saturated carbocycles. The van der Waals surface area contributed by atoms with Gasteiger partial charge in [0.1, 0.15) is 11.4 Å². The van der Waals surface area contributed by atoms with Crippen LogP contribution in [0.25, 0.3) is 0 Å². The van der Waals surface area contributed by atoms with E-state index < -0.39 is 17.5 Å². The van der Waals surface area contributed by atoms with Gasteiger partial charge in [-0.2, -0.15) is 0 Å². The second-order valence-corrected chi connectivity index (χ2v) is 9.04. The van der Waals surface area contributed by atoms with Gasteiger partial charge in [0.2, 0.25) is 5.54 Å². The Balaban J connectivity index is 1.46. The molecule has 196 valence electrons. The van der Waals surface area contributed by atoms with E-state index in [2.05, 4.69) is 32.8 Å². The van der Waals surface area contributed by atoms with E-state index >= 15 is 0 Å². The number of amides is 5. The molecule has 1 aromatic carbocycles. The van der Waals surface area contributed by atoms with Crippen LogP contribution in [0.15, 0.2) is 30.3 Å². The number of rotatable bonds is 5. The number of methoxy groups -OCH3 is 2. The minimum Gasteiger partial charge on any atom is -0.497 e. The molecule has 38 heavy (non-hydrogen) atoms. The van der Waals surface area contributed by atoms with Gasteiger partial charge in [0, 0.05) is 38.3 Å². The van der Waals surface area contributed by atoms with Gasteiger partial charge in [-0.05, 0) is 35.7 Å². The summed E-state index contributed by atoms with van der Waals surface area (Å²) in [4.78, 5) is 58.7. The number of imide groups is 1. The summed E-state index contributed by atoms with van der Waals surface area (Å²) >= 11 is 0. The number of carbonyl (C=O) groups excluding carboxylic acids is 4. The molecule has 0 aliphatic carbocycles. The summed E-state index contributed by atoms with van der Waals surface area (Å²) < 4.78 is 10.6. The van der Waals surface area contributed by atoms with Crippen molar-refractivity contribution < 1.29 is 28.7 Å². The summed E-state index contributed by atoms with van der Waals surface area (Å²) in [6, 6.07) is 7.59. The van der Waals surface area contributed by atoms with E-state index in [4.69, 9.17) is 9.47 Å². The van der Waals surface area contributed by atoms with E-state index in [1.807, 2.05) is 0 Å². The molecular formula is C26H26N6O6. The Morgan fingerprint density at radius 1 is 1.11 bits per heavy atom. The molecule has 4 heterocycles. The lowest BCUT2D eigenvalue weighted by Gasteiger charge is -2.27. The molecule has 3 aliphatic heterocycles. The lowest BCUT2D eigenvalue weighted by atomic mass is 9.99. The van der Waals surface area contributed by atoms with E-state index in [9.17, 15) is 19.2 Å². The summed E-state index contributed by atoms with van der Waals surface area (Å²) in [6.45, 7) is 2.54. The van der Waals surface area contributed by atoms with Crippen LogP contribution in [0.5, 0.6) is 11.5 Å². The van der Waals surface area contributed by atoms with Crippen LogP contribution in [0.1, 0.15) is 32.1 Å². The number of fused-ring (bicyclic) bond motifs is 1. The van der Waals surface area contributed by atoms with Gasteiger partial charge in [-0.3, -0.25) is 19.7 Å². The number of aromatic nitrogens is 1. The minimum absolute atomic E-state index is 0.127. The molecule has 3 aliphatic rings. The average molecular weight is 519 g/mol. The van der Waals surface area contributed by atoms with Crippen molar-refractivity contribution in [2.75, 3.05) is 46.9 Å². The van der Waals surface area contributed by atoms with Gasteiger partial charge in [-0.25, -0.2) is 9.78 Å². The van der Waals surface area contributed by atoms with Crippen molar-refractivity contribution in [1.82, 2.24) is 30.7 Å². The van der Waals surface area contributed by atoms with Crippen LogP contribution in [0.3, 0.4) is 0 Å². The number of hydrogen-bond acceptors (Lipinski definition) is 8. The minimum atomic E-state index is -1.73. The number of hydrogen-bond donors (Lipinski definition) is 3. The number of ether oxygens (including phenoxy) is 2. The largest absolute Gasteiger partial charge is 0.497 e. The fraction of sp³-hybridized carbons (Fsp3) is 0.346. The average Bonchev–Trinajstić information content (AvgIpc) is 3.40. The Kier molecular flexibility index (Phi) is 6.61. The quantitative estimate of drug-likeness (QED) is 0.363. The fourth-order valence-corrected chi connectivity index (χ4v) is 4.63. The van der Waals surface area contributed by atoms with Crippen LogP contribution in [0.2, 0.25) is 0 Å². The molecule has 5 rings (SSSR count). The smallest absolute Gasteiger partial charge is 0.323 e. The van der Waals surface area contributed by atoms with Gasteiger partial charge in [0.25, 0.3) is 17.7 Å². The molecule has 2 saturated heterocycles. The number of urea groups is 1. The van der Waals surface area contributed by atoms with Crippen molar-refractivity contribution in [2.45, 2.75) is 12.1 Å². The molecule has 5 amide bonds. The highest BCUT2D eigenvalue weighted by Crippen LogP contribution is 2.28. The second kappa shape index (κ2) is 10.0. The molecule has 12 nitrogen and oxygen atoms in total. The standard InChI is InChI=1S/C26H26N6O6/c1-37-17-4-3-16-14-32(22(33)18(16)13-17)15-26(24(35)29-25(36)30-26)8-7-19-21(38-2)6-5-20(28-19)23(34)31-11-9-27-10-12-31/h3-6,13,27H,9-12,14-15H2,1-2H3,(H2,29,30,35,36)/t26-/m1/s1. The van der Waals surface area contributed by atoms with Gasteiger partial charge >= 0.3 is 6.03 Å². The van der Waals surface area contributed by atoms with Crippen molar-refractivity contribution in [3.63, 3.8) is 0 Å². The fourth-order valence-electron chi connectivity index (χ4n) is 4.63. The summed E-state index contributed by atoms with van der Waals surface area (Å²) in [7, 11) is 2.95. The maximum absolute atomic E-state index is 13.1. The molecule has 0 bridgehead atoms. The van der Waals surface area contributed by atoms with Gasteiger partial charge in [-0.15, -0.1) is 0 Å². The van der Waals surface area contributed by atoms with Gasteiger partial charge in [-0.1, -0.05) is 12.0 Å². The third kappa shape index (κ3) is 4.59. The van der Waals surface area contributed by atoms with Crippen LogP contribution >= 0.6 is 0 Å². The molecule has 0 spiro atoms. The van der Waals surface area contributed by atoms with E-state index in [0.717, 1.165) is 5.56 Å². The number of nitrogens with one attached hydrogen (secondary N) is 3. The van der Waals surface area contributed by atoms with Crippen LogP contribution in [0.4, 0.5) is 4.79 Å². The van der Waals surface area contributed by atoms with Crippen LogP contribution in [-0.2, 0) is 11.3 Å². The summed E-state index contributed by atoms with van der Waals surface area (Å²) in [5.74, 6) is 5.23. The highest BCUT2D eigenvalue weighted by Gasteiger charge is 2.48. The lowest BCUT2D eigenvalue weighted by Crippen LogP contribution is -2.54. The predicted molar refractivity (Wildman–Crippen MR) is 134 cm³/mol. The third-order valence-electron chi connectivity index (χ3n) is 6.66. The number of carbonyl (C=O) groups is 4. The Labute approximate surface area is 218 Å². The first-order chi connectivity index (χ1) is 18.3. The summed E-state index contributed by atoms with van der Waals surface area (Å²) in [6.07, 6.45) is 0. The number of nitrogens with zero attached hydrogens (tertiary/aromatic N) is 3. The highest BCUT2D eigenvalue weighted by atomic mass is 16.5. The Bertz CT molecular complexity index is 1390. The Hall–Kier alpha value is -4.63. The van der Waals surface area contributed by atoms with Crippen molar-refractivity contribution in [3.05, 3.63) is 52.8 Å². The van der Waals surface area contributed by atoms with Gasteiger partial charge in [0.15, 0.2) is 11.4 Å². The van der Waals surface area contributed by atoms with Crippen molar-refractivity contribution >= 4 is 23.8 Å². The van der Waals surface area contributed by atoms with Crippen molar-refractivity contribution in [1.29, 1.82) is 0 Å². The van der Waals surface area contributed by atoms with Crippen LogP contribution in [-0.4, -0.2) is 91.0 Å². The molecular weight excluding hydrogens is 492 g/mol. The third-order valence-corrected chi connectivity index (χ3v) is 6.66. The number of pyridine rings is 1. The zero-order chi connectivity index (χ0) is 26.9. The Morgan fingerprint density at radius 3 is 2.58 bits per heavy atom. The first kappa shape index (κ1) is 25.0. The highest BCUT2D eigenvalue weighted by molar-refractivity contribution is 6.10. The maximum atomic E-state index is 13.1. The van der Waals surface area contributed by atoms with Crippen LogP contribution < -0.4 is 25.4 Å². The lowest BCUT2D eigenvalue weighted by molar-refractivity contribution is -0.122. The van der Waals surface area contributed by atoms with Gasteiger partial charge < -0.3 is 29.9 Å². The normalized spacial score (nSPS) is 20.3. The van der Waals surface area contributed by atoms with Crippen molar-refractivity contribution in [2.24, 2.45) is 0 Å². The van der Waals surface area contributed by atoms with Gasteiger partial charge in [0.05, 0.1) is 20.8 Å². The first-order valence-corrected chi connectivity index (χ1v) is 12.0. The molecule has 2 fully saturated rings. The first-order valence-electron chi connectivity index (χ1n) is 12.0. The zero-order valence-electron chi connectivity index (χ0n) is 20.9.